The molecule has 0 radical (unpaired) electrons. The minimum absolute atomic E-state index is 0.108. The number of amides is 1. The Kier molecular flexibility index (Phi) is 5.21. The lowest BCUT2D eigenvalue weighted by atomic mass is 10.0. The van der Waals surface area contributed by atoms with Crippen LogP contribution in [0.3, 0.4) is 0 Å². The van der Waals surface area contributed by atoms with E-state index in [1.165, 1.54) is 19.2 Å². The van der Waals surface area contributed by atoms with Gasteiger partial charge < -0.3 is 14.5 Å². The van der Waals surface area contributed by atoms with Crippen LogP contribution in [0, 0.1) is 17.1 Å². The molecule has 152 valence electrons. The maximum atomic E-state index is 14.2. The predicted octanol–water partition coefficient (Wildman–Crippen LogP) is 4.73. The largest absolute Gasteiger partial charge is 0.495 e. The molecule has 31 heavy (non-hydrogen) atoms. The molecule has 0 bridgehead atoms. The van der Waals surface area contributed by atoms with E-state index < -0.39 is 17.3 Å². The molecule has 0 aliphatic rings. The molecule has 0 atom stereocenters. The van der Waals surface area contributed by atoms with Gasteiger partial charge in [-0.15, -0.1) is 0 Å². The fourth-order valence-electron chi connectivity index (χ4n) is 3.19. The number of hydrogen-bond donors (Lipinski definition) is 1. The van der Waals surface area contributed by atoms with Gasteiger partial charge in [-0.1, -0.05) is 24.3 Å². The molecule has 1 amide bonds. The maximum Gasteiger partial charge on any atom is 0.344 e. The zero-order valence-electron chi connectivity index (χ0n) is 16.3. The molecular formula is C24H15FN2O4. The summed E-state index contributed by atoms with van der Waals surface area (Å²) < 4.78 is 24.9. The molecular weight excluding hydrogens is 399 g/mol. The van der Waals surface area contributed by atoms with E-state index in [9.17, 15) is 14.0 Å². The highest BCUT2D eigenvalue weighted by molar-refractivity contribution is 6.05. The number of para-hydroxylation sites is 1. The summed E-state index contributed by atoms with van der Waals surface area (Å²) in [6.07, 6.45) is 0. The number of anilines is 1. The van der Waals surface area contributed by atoms with Crippen LogP contribution in [0.4, 0.5) is 10.1 Å². The third-order valence-corrected chi connectivity index (χ3v) is 4.74. The van der Waals surface area contributed by atoms with E-state index in [-0.39, 0.29) is 16.8 Å². The average Bonchev–Trinajstić information content (AvgIpc) is 2.78. The standard InChI is InChI=1S/C24H15FN2O4/c1-30-22-9-7-15(18-11-16-4-2-3-5-21(16)31-24(18)29)12-20(22)27-23(28)17-8-6-14(13-26)10-19(17)25/h2-12H,1H3,(H,27,28). The van der Waals surface area contributed by atoms with Crippen LogP contribution in [-0.2, 0) is 0 Å². The molecule has 0 aliphatic carbocycles. The zero-order valence-corrected chi connectivity index (χ0v) is 16.3. The highest BCUT2D eigenvalue weighted by Gasteiger charge is 2.16. The van der Waals surface area contributed by atoms with Gasteiger partial charge >= 0.3 is 5.63 Å². The first-order valence-corrected chi connectivity index (χ1v) is 9.22. The minimum atomic E-state index is -0.818. The van der Waals surface area contributed by atoms with Crippen molar-refractivity contribution in [2.24, 2.45) is 0 Å². The number of carbonyl (C=O) groups excluding carboxylic acids is 1. The second-order valence-electron chi connectivity index (χ2n) is 6.66. The number of nitriles is 1. The molecule has 7 heteroatoms. The Morgan fingerprint density at radius 1 is 1.10 bits per heavy atom. The van der Waals surface area contributed by atoms with Crippen LogP contribution in [0.2, 0.25) is 0 Å². The van der Waals surface area contributed by atoms with Gasteiger partial charge in [-0.3, -0.25) is 4.79 Å². The summed E-state index contributed by atoms with van der Waals surface area (Å²) in [4.78, 5) is 25.1. The van der Waals surface area contributed by atoms with Gasteiger partial charge in [0.2, 0.25) is 0 Å². The van der Waals surface area contributed by atoms with Crippen molar-refractivity contribution in [2.75, 3.05) is 12.4 Å². The SMILES string of the molecule is COc1ccc(-c2cc3ccccc3oc2=O)cc1NC(=O)c1ccc(C#N)cc1F. The summed E-state index contributed by atoms with van der Waals surface area (Å²) in [6.45, 7) is 0. The highest BCUT2D eigenvalue weighted by atomic mass is 19.1. The molecule has 0 saturated heterocycles. The van der Waals surface area contributed by atoms with Crippen LogP contribution in [0.5, 0.6) is 5.75 Å². The third-order valence-electron chi connectivity index (χ3n) is 4.74. The molecule has 6 nitrogen and oxygen atoms in total. The molecule has 1 N–H and O–H groups in total. The van der Waals surface area contributed by atoms with Crippen molar-refractivity contribution in [2.45, 2.75) is 0 Å². The van der Waals surface area contributed by atoms with Crippen molar-refractivity contribution in [1.29, 1.82) is 5.26 Å². The maximum absolute atomic E-state index is 14.2. The van der Waals surface area contributed by atoms with Gasteiger partial charge in [0.25, 0.3) is 5.91 Å². The molecule has 1 aromatic heterocycles. The number of benzene rings is 3. The number of halogens is 1. The number of carbonyl (C=O) groups is 1. The van der Waals surface area contributed by atoms with Crippen LogP contribution >= 0.6 is 0 Å². The Labute approximate surface area is 176 Å². The van der Waals surface area contributed by atoms with Crippen molar-refractivity contribution in [3.8, 4) is 22.9 Å². The van der Waals surface area contributed by atoms with Crippen molar-refractivity contribution in [3.05, 3.63) is 94.1 Å². The quantitative estimate of drug-likeness (QED) is 0.487. The molecule has 0 fully saturated rings. The van der Waals surface area contributed by atoms with Crippen LogP contribution in [0.1, 0.15) is 15.9 Å². The lowest BCUT2D eigenvalue weighted by Crippen LogP contribution is -2.15. The first-order chi connectivity index (χ1) is 15.0. The molecule has 4 aromatic rings. The smallest absolute Gasteiger partial charge is 0.344 e. The number of nitrogens with one attached hydrogen (secondary N) is 1. The van der Waals surface area contributed by atoms with Gasteiger partial charge in [-0.05, 0) is 48.0 Å². The van der Waals surface area contributed by atoms with Crippen molar-refractivity contribution < 1.29 is 18.3 Å². The minimum Gasteiger partial charge on any atom is -0.495 e. The second kappa shape index (κ2) is 8.13. The van der Waals surface area contributed by atoms with Crippen LogP contribution in [0.15, 0.2) is 75.9 Å². The molecule has 0 saturated carbocycles. The van der Waals surface area contributed by atoms with Gasteiger partial charge in [0, 0.05) is 5.39 Å². The Morgan fingerprint density at radius 3 is 2.65 bits per heavy atom. The first kappa shape index (κ1) is 19.9. The van der Waals surface area contributed by atoms with Crippen molar-refractivity contribution in [3.63, 3.8) is 0 Å². The molecule has 3 aromatic carbocycles. The molecule has 0 spiro atoms. The number of methoxy groups -OCH3 is 1. The van der Waals surface area contributed by atoms with Crippen LogP contribution in [-0.4, -0.2) is 13.0 Å². The third kappa shape index (κ3) is 3.87. The van der Waals surface area contributed by atoms with Crippen LogP contribution in [0.25, 0.3) is 22.1 Å². The molecule has 4 rings (SSSR count). The zero-order chi connectivity index (χ0) is 22.0. The van der Waals surface area contributed by atoms with E-state index in [0.29, 0.717) is 22.5 Å². The molecule has 0 aliphatic heterocycles. The summed E-state index contributed by atoms with van der Waals surface area (Å²) in [5, 5.41) is 12.2. The number of hydrogen-bond acceptors (Lipinski definition) is 5. The van der Waals surface area contributed by atoms with Crippen molar-refractivity contribution >= 4 is 22.6 Å². The topological polar surface area (TPSA) is 92.3 Å². The van der Waals surface area contributed by atoms with E-state index in [1.54, 1.807) is 36.4 Å². The van der Waals surface area contributed by atoms with E-state index >= 15 is 0 Å². The van der Waals surface area contributed by atoms with Crippen LogP contribution < -0.4 is 15.7 Å². The second-order valence-corrected chi connectivity index (χ2v) is 6.66. The van der Waals surface area contributed by atoms with Gasteiger partial charge in [-0.2, -0.15) is 5.26 Å². The lowest BCUT2D eigenvalue weighted by Gasteiger charge is -2.13. The average molecular weight is 414 g/mol. The lowest BCUT2D eigenvalue weighted by molar-refractivity contribution is 0.102. The normalized spacial score (nSPS) is 10.5. The Balaban J connectivity index is 1.74. The summed E-state index contributed by atoms with van der Waals surface area (Å²) >= 11 is 0. The van der Waals surface area contributed by atoms with Crippen molar-refractivity contribution in [1.82, 2.24) is 0 Å². The summed E-state index contributed by atoms with van der Waals surface area (Å²) in [7, 11) is 1.43. The fraction of sp³-hybridized carbons (Fsp3) is 0.0417. The number of nitrogens with zero attached hydrogens (tertiary/aromatic N) is 1. The van der Waals surface area contributed by atoms with Gasteiger partial charge in [-0.25, -0.2) is 9.18 Å². The van der Waals surface area contributed by atoms with E-state index in [1.807, 2.05) is 18.2 Å². The highest BCUT2D eigenvalue weighted by Crippen LogP contribution is 2.31. The van der Waals surface area contributed by atoms with E-state index in [2.05, 4.69) is 5.32 Å². The Bertz CT molecular complexity index is 1420. The monoisotopic (exact) mass is 414 g/mol. The molecule has 1 heterocycles. The summed E-state index contributed by atoms with van der Waals surface area (Å²) in [5.41, 5.74) is 0.876. The van der Waals surface area contributed by atoms with E-state index in [4.69, 9.17) is 14.4 Å². The number of ether oxygens (including phenoxy) is 1. The number of fused-ring (bicyclic) bond motifs is 1. The van der Waals surface area contributed by atoms with Gasteiger partial charge in [0.15, 0.2) is 0 Å². The first-order valence-electron chi connectivity index (χ1n) is 9.22. The number of rotatable bonds is 4. The van der Waals surface area contributed by atoms with E-state index in [0.717, 1.165) is 11.5 Å². The summed E-state index contributed by atoms with van der Waals surface area (Å²) in [6, 6.07) is 19.0. The Morgan fingerprint density at radius 2 is 1.90 bits per heavy atom. The Hall–Kier alpha value is -4.44. The predicted molar refractivity (Wildman–Crippen MR) is 114 cm³/mol. The van der Waals surface area contributed by atoms with Gasteiger partial charge in [0.1, 0.15) is 17.1 Å². The fourth-order valence-corrected chi connectivity index (χ4v) is 3.19. The van der Waals surface area contributed by atoms with Gasteiger partial charge in [0.05, 0.1) is 35.6 Å². The summed E-state index contributed by atoms with van der Waals surface area (Å²) in [5.74, 6) is -1.21. The molecule has 0 unspecified atom stereocenters.